The van der Waals surface area contributed by atoms with Gasteiger partial charge in [-0.3, -0.25) is 4.90 Å². The molecular formula is C15H24ClN3O. The SMILES string of the molecule is CC(c1cccc(Cl)c1)N(C)CCC(C)(C)C(N)=NO. The van der Waals surface area contributed by atoms with E-state index in [-0.39, 0.29) is 17.3 Å². The Bertz CT molecular complexity index is 474. The summed E-state index contributed by atoms with van der Waals surface area (Å²) >= 11 is 6.03. The van der Waals surface area contributed by atoms with Crippen LogP contribution in [0, 0.1) is 5.41 Å². The number of rotatable bonds is 6. The van der Waals surface area contributed by atoms with Crippen molar-refractivity contribution in [2.45, 2.75) is 33.2 Å². The molecule has 0 radical (unpaired) electrons. The van der Waals surface area contributed by atoms with Gasteiger partial charge < -0.3 is 10.9 Å². The van der Waals surface area contributed by atoms with Crippen LogP contribution in [0.5, 0.6) is 0 Å². The van der Waals surface area contributed by atoms with Crippen molar-refractivity contribution in [1.29, 1.82) is 0 Å². The summed E-state index contributed by atoms with van der Waals surface area (Å²) in [6.45, 7) is 6.93. The summed E-state index contributed by atoms with van der Waals surface area (Å²) in [5.41, 5.74) is 6.57. The Kier molecular flexibility index (Phi) is 5.84. The number of amidine groups is 1. The van der Waals surface area contributed by atoms with Gasteiger partial charge in [-0.25, -0.2) is 0 Å². The quantitative estimate of drug-likeness (QED) is 0.366. The summed E-state index contributed by atoms with van der Waals surface area (Å²) in [7, 11) is 2.06. The van der Waals surface area contributed by atoms with Crippen molar-refractivity contribution in [3.8, 4) is 0 Å². The summed E-state index contributed by atoms with van der Waals surface area (Å²) < 4.78 is 0. The van der Waals surface area contributed by atoms with Gasteiger partial charge in [-0.1, -0.05) is 42.7 Å². The van der Waals surface area contributed by atoms with Gasteiger partial charge in [0.15, 0.2) is 0 Å². The lowest BCUT2D eigenvalue weighted by Gasteiger charge is -2.30. The maximum absolute atomic E-state index is 8.79. The Morgan fingerprint density at radius 2 is 2.15 bits per heavy atom. The van der Waals surface area contributed by atoms with E-state index in [4.69, 9.17) is 22.5 Å². The molecule has 4 nitrogen and oxygen atoms in total. The number of benzene rings is 1. The molecule has 0 spiro atoms. The van der Waals surface area contributed by atoms with Crippen LogP contribution in [0.2, 0.25) is 5.02 Å². The molecule has 1 atom stereocenters. The van der Waals surface area contributed by atoms with Gasteiger partial charge in [0, 0.05) is 16.5 Å². The second-order valence-electron chi connectivity index (χ2n) is 5.83. The Morgan fingerprint density at radius 3 is 2.70 bits per heavy atom. The summed E-state index contributed by atoms with van der Waals surface area (Å²) in [5, 5.41) is 12.6. The van der Waals surface area contributed by atoms with Gasteiger partial charge in [0.25, 0.3) is 0 Å². The van der Waals surface area contributed by atoms with Gasteiger partial charge >= 0.3 is 0 Å². The molecular weight excluding hydrogens is 274 g/mol. The van der Waals surface area contributed by atoms with E-state index in [1.54, 1.807) is 0 Å². The topological polar surface area (TPSA) is 61.8 Å². The molecule has 0 saturated heterocycles. The van der Waals surface area contributed by atoms with Crippen LogP contribution >= 0.6 is 11.6 Å². The normalized spacial score (nSPS) is 14.6. The van der Waals surface area contributed by atoms with Crippen LogP contribution in [0.15, 0.2) is 29.4 Å². The van der Waals surface area contributed by atoms with E-state index in [1.165, 1.54) is 5.56 Å². The van der Waals surface area contributed by atoms with Crippen molar-refractivity contribution in [2.75, 3.05) is 13.6 Å². The fraction of sp³-hybridized carbons (Fsp3) is 0.533. The molecule has 1 aromatic rings. The minimum absolute atomic E-state index is 0.261. The third-order valence-electron chi connectivity index (χ3n) is 3.88. The fourth-order valence-corrected chi connectivity index (χ4v) is 2.13. The zero-order valence-electron chi connectivity index (χ0n) is 12.6. The van der Waals surface area contributed by atoms with Gasteiger partial charge in [0.1, 0.15) is 5.84 Å². The highest BCUT2D eigenvalue weighted by molar-refractivity contribution is 6.30. The van der Waals surface area contributed by atoms with E-state index >= 15 is 0 Å². The van der Waals surface area contributed by atoms with Gasteiger partial charge in [-0.15, -0.1) is 0 Å². The molecule has 0 aromatic heterocycles. The lowest BCUT2D eigenvalue weighted by atomic mass is 9.87. The lowest BCUT2D eigenvalue weighted by molar-refractivity contribution is 0.231. The van der Waals surface area contributed by atoms with E-state index in [0.717, 1.165) is 18.0 Å². The molecule has 0 amide bonds. The highest BCUT2D eigenvalue weighted by Gasteiger charge is 2.24. The first-order valence-electron chi connectivity index (χ1n) is 6.71. The predicted molar refractivity (Wildman–Crippen MR) is 84.3 cm³/mol. The zero-order valence-corrected chi connectivity index (χ0v) is 13.4. The second-order valence-corrected chi connectivity index (χ2v) is 6.27. The third-order valence-corrected chi connectivity index (χ3v) is 4.12. The zero-order chi connectivity index (χ0) is 15.3. The highest BCUT2D eigenvalue weighted by Crippen LogP contribution is 2.25. The van der Waals surface area contributed by atoms with Crippen molar-refractivity contribution >= 4 is 17.4 Å². The van der Waals surface area contributed by atoms with Crippen LogP contribution < -0.4 is 5.73 Å². The maximum Gasteiger partial charge on any atom is 0.144 e. The Labute approximate surface area is 126 Å². The first kappa shape index (κ1) is 16.8. The molecule has 20 heavy (non-hydrogen) atoms. The average molecular weight is 298 g/mol. The van der Waals surface area contributed by atoms with E-state index < -0.39 is 0 Å². The minimum Gasteiger partial charge on any atom is -0.409 e. The van der Waals surface area contributed by atoms with Crippen LogP contribution in [0.4, 0.5) is 0 Å². The van der Waals surface area contributed by atoms with Crippen LogP contribution in [0.25, 0.3) is 0 Å². The third kappa shape index (κ3) is 4.39. The molecule has 0 heterocycles. The minimum atomic E-state index is -0.322. The second kappa shape index (κ2) is 6.95. The monoisotopic (exact) mass is 297 g/mol. The predicted octanol–water partition coefficient (Wildman–Crippen LogP) is 3.50. The highest BCUT2D eigenvalue weighted by atomic mass is 35.5. The smallest absolute Gasteiger partial charge is 0.144 e. The standard InChI is InChI=1S/C15H24ClN3O/c1-11(12-6-5-7-13(16)10-12)19(4)9-8-15(2,3)14(17)18-20/h5-7,10-11,20H,8-9H2,1-4H3,(H2,17,18). The molecule has 0 bridgehead atoms. The number of hydrogen-bond donors (Lipinski definition) is 2. The van der Waals surface area contributed by atoms with E-state index in [1.807, 2.05) is 32.0 Å². The molecule has 0 aliphatic heterocycles. The van der Waals surface area contributed by atoms with Crippen LogP contribution in [-0.2, 0) is 0 Å². The molecule has 3 N–H and O–H groups in total. The number of halogens is 1. The number of nitrogens with two attached hydrogens (primary N) is 1. The van der Waals surface area contributed by atoms with Gasteiger partial charge in [-0.2, -0.15) is 0 Å². The number of nitrogens with zero attached hydrogens (tertiary/aromatic N) is 2. The summed E-state index contributed by atoms with van der Waals surface area (Å²) in [6, 6.07) is 8.15. The fourth-order valence-electron chi connectivity index (χ4n) is 1.93. The van der Waals surface area contributed by atoms with Crippen molar-refractivity contribution in [3.63, 3.8) is 0 Å². The molecule has 112 valence electrons. The van der Waals surface area contributed by atoms with Crippen LogP contribution in [0.1, 0.15) is 38.8 Å². The van der Waals surface area contributed by atoms with Gasteiger partial charge in [0.05, 0.1) is 0 Å². The first-order valence-corrected chi connectivity index (χ1v) is 7.09. The lowest BCUT2D eigenvalue weighted by Crippen LogP contribution is -2.36. The van der Waals surface area contributed by atoms with Crippen LogP contribution in [-0.4, -0.2) is 29.5 Å². The number of hydrogen-bond acceptors (Lipinski definition) is 3. The largest absolute Gasteiger partial charge is 0.409 e. The van der Waals surface area contributed by atoms with Crippen molar-refractivity contribution < 1.29 is 5.21 Å². The summed E-state index contributed by atoms with van der Waals surface area (Å²) in [5.74, 6) is 0.265. The maximum atomic E-state index is 8.79. The first-order chi connectivity index (χ1) is 9.27. The van der Waals surface area contributed by atoms with Crippen LogP contribution in [0.3, 0.4) is 0 Å². The molecule has 5 heteroatoms. The molecule has 1 unspecified atom stereocenters. The van der Waals surface area contributed by atoms with Crippen molar-refractivity contribution in [1.82, 2.24) is 4.90 Å². The Hall–Kier alpha value is -1.26. The molecule has 0 aliphatic carbocycles. The van der Waals surface area contributed by atoms with Crippen molar-refractivity contribution in [2.24, 2.45) is 16.3 Å². The van der Waals surface area contributed by atoms with E-state index in [0.29, 0.717) is 0 Å². The Morgan fingerprint density at radius 1 is 1.50 bits per heavy atom. The molecule has 0 fully saturated rings. The average Bonchev–Trinajstić information content (AvgIpc) is 2.43. The van der Waals surface area contributed by atoms with Crippen molar-refractivity contribution in [3.05, 3.63) is 34.9 Å². The molecule has 0 aliphatic rings. The van der Waals surface area contributed by atoms with Gasteiger partial charge in [0.2, 0.25) is 0 Å². The molecule has 0 saturated carbocycles. The summed E-state index contributed by atoms with van der Waals surface area (Å²) in [6.07, 6.45) is 0.810. The Balaban J connectivity index is 2.65. The molecule has 1 rings (SSSR count). The summed E-state index contributed by atoms with van der Waals surface area (Å²) in [4.78, 5) is 2.23. The van der Waals surface area contributed by atoms with E-state index in [9.17, 15) is 0 Å². The molecule has 1 aromatic carbocycles. The van der Waals surface area contributed by atoms with Gasteiger partial charge in [-0.05, 0) is 44.6 Å². The number of oxime groups is 1. The van der Waals surface area contributed by atoms with E-state index in [2.05, 4.69) is 30.1 Å².